The fraction of sp³-hybridized carbons (Fsp3) is 0.304. The first kappa shape index (κ1) is 19.7. The minimum absolute atomic E-state index is 0.0796. The number of rotatable bonds is 5. The Hall–Kier alpha value is -2.22. The summed E-state index contributed by atoms with van der Waals surface area (Å²) >= 11 is 9.22. The van der Waals surface area contributed by atoms with Crippen molar-refractivity contribution < 1.29 is 9.15 Å². The molecule has 3 atom stereocenters. The highest BCUT2D eigenvalue weighted by Gasteiger charge is 2.42. The Balaban J connectivity index is 1.50. The van der Waals surface area contributed by atoms with E-state index >= 15 is 0 Å². The molecule has 7 heteroatoms. The van der Waals surface area contributed by atoms with Gasteiger partial charge in [0.05, 0.1) is 17.8 Å². The summed E-state index contributed by atoms with van der Waals surface area (Å²) in [4.78, 5) is 6.79. The third-order valence-corrected chi connectivity index (χ3v) is 6.55. The van der Waals surface area contributed by atoms with Crippen LogP contribution in [0.2, 0.25) is 0 Å². The average Bonchev–Trinajstić information content (AvgIpc) is 3.51. The molecule has 2 saturated heterocycles. The highest BCUT2D eigenvalue weighted by molar-refractivity contribution is 9.10. The summed E-state index contributed by atoms with van der Waals surface area (Å²) in [5.41, 5.74) is 1.99. The SMILES string of the molecule is S=C1N[C@@H](c2ccccn2)[C@@H](c2ccc(-c3ccc(Br)cc3)o2)N1C[C@@H]1CCCO1. The Labute approximate surface area is 189 Å². The van der Waals surface area contributed by atoms with Crippen molar-refractivity contribution in [1.82, 2.24) is 15.2 Å². The number of ether oxygens (including phenoxy) is 1. The lowest BCUT2D eigenvalue weighted by Crippen LogP contribution is -2.36. The Morgan fingerprint density at radius 3 is 2.73 bits per heavy atom. The molecule has 1 N–H and O–H groups in total. The highest BCUT2D eigenvalue weighted by atomic mass is 79.9. The van der Waals surface area contributed by atoms with Gasteiger partial charge in [-0.1, -0.05) is 34.1 Å². The molecular weight excluding hydrogens is 462 g/mol. The van der Waals surface area contributed by atoms with Crippen molar-refractivity contribution in [2.75, 3.05) is 13.2 Å². The molecule has 0 radical (unpaired) electrons. The van der Waals surface area contributed by atoms with Crippen molar-refractivity contribution in [2.24, 2.45) is 0 Å². The standard InChI is InChI=1S/C23H22BrN3O2S/c24-16-8-6-15(7-9-16)19-10-11-20(29-19)22-21(18-5-1-2-12-25-18)26-23(30)27(22)14-17-4-3-13-28-17/h1-2,5-12,17,21-22H,3-4,13-14H2,(H,26,30)/t17-,21-,22+/m0/s1. The van der Waals surface area contributed by atoms with Crippen LogP contribution in [0.15, 0.2) is 69.7 Å². The summed E-state index contributed by atoms with van der Waals surface area (Å²) in [6.45, 7) is 1.57. The van der Waals surface area contributed by atoms with Crippen LogP contribution < -0.4 is 5.32 Å². The molecular formula is C23H22BrN3O2S. The normalized spacial score (nSPS) is 23.7. The van der Waals surface area contributed by atoms with E-state index in [1.165, 1.54) is 0 Å². The quantitative estimate of drug-likeness (QED) is 0.499. The van der Waals surface area contributed by atoms with Crippen LogP contribution in [-0.2, 0) is 4.74 Å². The monoisotopic (exact) mass is 483 g/mol. The highest BCUT2D eigenvalue weighted by Crippen LogP contribution is 2.41. The number of furan rings is 1. The zero-order valence-electron chi connectivity index (χ0n) is 16.3. The van der Waals surface area contributed by atoms with E-state index in [0.717, 1.165) is 53.2 Å². The number of thiocarbonyl (C=S) groups is 1. The minimum Gasteiger partial charge on any atom is -0.459 e. The number of halogens is 1. The van der Waals surface area contributed by atoms with E-state index in [9.17, 15) is 0 Å². The van der Waals surface area contributed by atoms with Gasteiger partial charge in [0.1, 0.15) is 17.6 Å². The maximum atomic E-state index is 6.36. The summed E-state index contributed by atoms with van der Waals surface area (Å²) in [5, 5.41) is 4.19. The summed E-state index contributed by atoms with van der Waals surface area (Å²) in [5.74, 6) is 1.71. The van der Waals surface area contributed by atoms with E-state index in [1.54, 1.807) is 0 Å². The third kappa shape index (κ3) is 3.89. The van der Waals surface area contributed by atoms with Crippen LogP contribution in [0.1, 0.15) is 36.4 Å². The van der Waals surface area contributed by atoms with Gasteiger partial charge in [-0.25, -0.2) is 0 Å². The molecule has 30 heavy (non-hydrogen) atoms. The molecule has 5 nitrogen and oxygen atoms in total. The zero-order valence-corrected chi connectivity index (χ0v) is 18.7. The Kier molecular flexibility index (Phi) is 5.58. The molecule has 0 unspecified atom stereocenters. The second-order valence-electron chi connectivity index (χ2n) is 7.62. The number of benzene rings is 1. The van der Waals surface area contributed by atoms with Crippen LogP contribution in [0.3, 0.4) is 0 Å². The molecule has 2 aromatic heterocycles. The Morgan fingerprint density at radius 1 is 1.13 bits per heavy atom. The molecule has 0 aliphatic carbocycles. The summed E-state index contributed by atoms with van der Waals surface area (Å²) in [6.07, 6.45) is 4.16. The van der Waals surface area contributed by atoms with Crippen molar-refractivity contribution in [2.45, 2.75) is 31.0 Å². The van der Waals surface area contributed by atoms with Crippen LogP contribution in [0.4, 0.5) is 0 Å². The predicted octanol–water partition coefficient (Wildman–Crippen LogP) is 5.26. The van der Waals surface area contributed by atoms with Gasteiger partial charge in [0.25, 0.3) is 0 Å². The number of hydrogen-bond acceptors (Lipinski definition) is 4. The van der Waals surface area contributed by atoms with E-state index in [1.807, 2.05) is 54.7 Å². The predicted molar refractivity (Wildman–Crippen MR) is 123 cm³/mol. The summed E-state index contributed by atoms with van der Waals surface area (Å²) < 4.78 is 13.3. The topological polar surface area (TPSA) is 50.5 Å². The molecule has 4 heterocycles. The Morgan fingerprint density at radius 2 is 2.00 bits per heavy atom. The third-order valence-electron chi connectivity index (χ3n) is 5.67. The van der Waals surface area contributed by atoms with Crippen LogP contribution in [0, 0.1) is 0 Å². The van der Waals surface area contributed by atoms with E-state index in [0.29, 0.717) is 5.11 Å². The first-order chi connectivity index (χ1) is 14.7. The van der Waals surface area contributed by atoms with E-state index in [-0.39, 0.29) is 18.2 Å². The van der Waals surface area contributed by atoms with Crippen LogP contribution >= 0.6 is 28.1 Å². The van der Waals surface area contributed by atoms with E-state index in [2.05, 4.69) is 37.2 Å². The average molecular weight is 484 g/mol. The molecule has 3 aromatic rings. The number of pyridine rings is 1. The molecule has 5 rings (SSSR count). The summed E-state index contributed by atoms with van der Waals surface area (Å²) in [6, 6.07) is 18.0. The zero-order chi connectivity index (χ0) is 20.5. The van der Waals surface area contributed by atoms with E-state index < -0.39 is 0 Å². The van der Waals surface area contributed by atoms with Crippen LogP contribution in [0.25, 0.3) is 11.3 Å². The number of aromatic nitrogens is 1. The van der Waals surface area contributed by atoms with Gasteiger partial charge in [-0.2, -0.15) is 0 Å². The molecule has 2 aliphatic heterocycles. The van der Waals surface area contributed by atoms with Crippen molar-refractivity contribution >= 4 is 33.3 Å². The molecule has 1 aromatic carbocycles. The Bertz CT molecular complexity index is 1020. The lowest BCUT2D eigenvalue weighted by atomic mass is 10.0. The van der Waals surface area contributed by atoms with Gasteiger partial charge in [0, 0.05) is 29.4 Å². The van der Waals surface area contributed by atoms with Gasteiger partial charge in [-0.05, 0) is 61.5 Å². The number of nitrogens with one attached hydrogen (secondary N) is 1. The van der Waals surface area contributed by atoms with Gasteiger partial charge in [-0.3, -0.25) is 4.98 Å². The minimum atomic E-state index is -0.0826. The second-order valence-corrected chi connectivity index (χ2v) is 8.93. The van der Waals surface area contributed by atoms with E-state index in [4.69, 9.17) is 21.4 Å². The van der Waals surface area contributed by atoms with Crippen LogP contribution in [0.5, 0.6) is 0 Å². The maximum Gasteiger partial charge on any atom is 0.170 e. The molecule has 0 spiro atoms. The molecule has 154 valence electrons. The molecule has 0 bridgehead atoms. The molecule has 2 aliphatic rings. The van der Waals surface area contributed by atoms with Gasteiger partial charge in [0.2, 0.25) is 0 Å². The summed E-state index contributed by atoms with van der Waals surface area (Å²) in [7, 11) is 0. The van der Waals surface area contributed by atoms with Crippen LogP contribution in [-0.4, -0.2) is 34.3 Å². The van der Waals surface area contributed by atoms with Crippen molar-refractivity contribution in [3.05, 3.63) is 76.7 Å². The van der Waals surface area contributed by atoms with Gasteiger partial charge in [0.15, 0.2) is 5.11 Å². The lowest BCUT2D eigenvalue weighted by Gasteiger charge is -2.28. The van der Waals surface area contributed by atoms with Crippen molar-refractivity contribution in [1.29, 1.82) is 0 Å². The lowest BCUT2D eigenvalue weighted by molar-refractivity contribution is 0.0818. The van der Waals surface area contributed by atoms with Gasteiger partial charge in [-0.15, -0.1) is 0 Å². The van der Waals surface area contributed by atoms with Crippen molar-refractivity contribution in [3.63, 3.8) is 0 Å². The fourth-order valence-corrected chi connectivity index (χ4v) is 4.78. The number of nitrogens with zero attached hydrogens (tertiary/aromatic N) is 2. The number of hydrogen-bond donors (Lipinski definition) is 1. The largest absolute Gasteiger partial charge is 0.459 e. The molecule has 0 amide bonds. The fourth-order valence-electron chi connectivity index (χ4n) is 4.20. The smallest absolute Gasteiger partial charge is 0.170 e. The first-order valence-corrected chi connectivity index (χ1v) is 11.3. The van der Waals surface area contributed by atoms with Gasteiger partial charge < -0.3 is 19.4 Å². The van der Waals surface area contributed by atoms with Crippen molar-refractivity contribution in [3.8, 4) is 11.3 Å². The first-order valence-electron chi connectivity index (χ1n) is 10.1. The molecule has 0 saturated carbocycles. The van der Waals surface area contributed by atoms with Gasteiger partial charge >= 0.3 is 0 Å². The molecule has 2 fully saturated rings. The maximum absolute atomic E-state index is 6.36. The second kappa shape index (κ2) is 8.49.